The highest BCUT2D eigenvalue weighted by atomic mass is 32.1. The maximum atomic E-state index is 5.33. The van der Waals surface area contributed by atoms with Gasteiger partial charge in [-0.25, -0.2) is 19.9 Å². The number of benzene rings is 8. The minimum absolute atomic E-state index is 0.549. The van der Waals surface area contributed by atoms with Gasteiger partial charge in [-0.1, -0.05) is 164 Å². The van der Waals surface area contributed by atoms with Gasteiger partial charge in [0.25, 0.3) is 0 Å². The van der Waals surface area contributed by atoms with Crippen LogP contribution in [0.25, 0.3) is 116 Å². The average Bonchev–Trinajstić information content (AvgIpc) is 3.90. The van der Waals surface area contributed by atoms with E-state index < -0.39 is 0 Å². The topological polar surface area (TPSA) is 82.3 Å². The molecule has 0 unspecified atom stereocenters. The van der Waals surface area contributed by atoms with Gasteiger partial charge in [0.15, 0.2) is 29.1 Å². The van der Waals surface area contributed by atoms with Crippen LogP contribution in [0.15, 0.2) is 200 Å². The number of fused-ring (bicyclic) bond motifs is 6. The third-order valence-corrected chi connectivity index (χ3v) is 12.5. The minimum atomic E-state index is 0.549. The summed E-state index contributed by atoms with van der Waals surface area (Å²) >= 11 is 1.75. The first-order valence-electron chi connectivity index (χ1n) is 20.5. The zero-order chi connectivity index (χ0) is 41.0. The number of rotatable bonds is 7. The van der Waals surface area contributed by atoms with Crippen molar-refractivity contribution in [3.63, 3.8) is 0 Å². The van der Waals surface area contributed by atoms with E-state index in [1.807, 2.05) is 91.0 Å². The molecule has 0 atom stereocenters. The molecule has 12 aromatic rings. The predicted octanol–water partition coefficient (Wildman–Crippen LogP) is 13.5. The largest absolute Gasteiger partial charge is 0.278 e. The van der Waals surface area contributed by atoms with Crippen molar-refractivity contribution in [3.05, 3.63) is 200 Å². The molecule has 0 aliphatic rings. The lowest BCUT2D eigenvalue weighted by molar-refractivity contribution is 0.954. The van der Waals surface area contributed by atoms with E-state index in [4.69, 9.17) is 29.9 Å². The maximum absolute atomic E-state index is 5.33. The second-order valence-electron chi connectivity index (χ2n) is 15.1. The van der Waals surface area contributed by atoms with Crippen LogP contribution in [0.1, 0.15) is 0 Å². The number of hydrogen-bond donors (Lipinski definition) is 0. The smallest absolute Gasteiger partial charge is 0.238 e. The highest BCUT2D eigenvalue weighted by Crippen LogP contribution is 2.42. The van der Waals surface area contributed by atoms with Crippen molar-refractivity contribution in [1.82, 2.24) is 34.5 Å². The Labute approximate surface area is 360 Å². The summed E-state index contributed by atoms with van der Waals surface area (Å²) in [6, 6.07) is 68.7. The molecule has 62 heavy (non-hydrogen) atoms. The summed E-state index contributed by atoms with van der Waals surface area (Å²) in [5, 5.41) is 4.44. The second kappa shape index (κ2) is 14.8. The van der Waals surface area contributed by atoms with E-state index in [1.54, 1.807) is 11.3 Å². The Hall–Kier alpha value is -8.20. The highest BCUT2D eigenvalue weighted by Gasteiger charge is 2.22. The van der Waals surface area contributed by atoms with Crippen molar-refractivity contribution in [1.29, 1.82) is 0 Å². The van der Waals surface area contributed by atoms with Crippen molar-refractivity contribution in [2.45, 2.75) is 0 Å². The SMILES string of the molecule is c1ccc(-c2nc(-c3ccccc3)nc(-c3cccc4sc5ccc(-c6nc(-c7ccccc7)nc(-n7c8ccccc8c8c(-c9ccccc9)cccc87)n6)cc5c34)n2)cc1. The quantitative estimate of drug-likeness (QED) is 0.159. The standard InChI is InChI=1S/C54H33N7S/c1-5-17-34(18-6-1)39-26-15-29-44-47(39)40-25-13-14-28-43(40)61(44)54-59-51(37-23-11-4-12-24-37)56-52(60-54)38-31-32-45-42(33-38)48-41(27-16-30-46(48)62-45)53-57-49(35-19-7-2-8-20-35)55-50(58-53)36-21-9-3-10-22-36/h1-33H. The molecule has 0 aliphatic heterocycles. The van der Waals surface area contributed by atoms with Gasteiger partial charge in [-0.05, 0) is 47.5 Å². The van der Waals surface area contributed by atoms with Crippen LogP contribution < -0.4 is 0 Å². The molecular weight excluding hydrogens is 779 g/mol. The van der Waals surface area contributed by atoms with E-state index in [9.17, 15) is 0 Å². The first-order chi connectivity index (χ1) is 30.7. The number of hydrogen-bond acceptors (Lipinski definition) is 7. The molecule has 0 N–H and O–H groups in total. The molecule has 0 saturated heterocycles. The van der Waals surface area contributed by atoms with Gasteiger partial charge in [0.2, 0.25) is 5.95 Å². The summed E-state index contributed by atoms with van der Waals surface area (Å²) in [4.78, 5) is 30.9. The molecule has 0 radical (unpaired) electrons. The Kier molecular flexibility index (Phi) is 8.53. The summed E-state index contributed by atoms with van der Waals surface area (Å²) in [6.45, 7) is 0. The molecule has 4 aromatic heterocycles. The average molecular weight is 812 g/mol. The number of nitrogens with zero attached hydrogens (tertiary/aromatic N) is 7. The lowest BCUT2D eigenvalue weighted by Gasteiger charge is -2.11. The monoisotopic (exact) mass is 811 g/mol. The van der Waals surface area contributed by atoms with Crippen LogP contribution in [0.2, 0.25) is 0 Å². The minimum Gasteiger partial charge on any atom is -0.278 e. The van der Waals surface area contributed by atoms with Crippen molar-refractivity contribution in [2.75, 3.05) is 0 Å². The molecule has 12 rings (SSSR count). The van der Waals surface area contributed by atoms with E-state index in [-0.39, 0.29) is 0 Å². The van der Waals surface area contributed by atoms with Crippen molar-refractivity contribution in [2.24, 2.45) is 0 Å². The molecule has 0 bridgehead atoms. The van der Waals surface area contributed by atoms with E-state index in [2.05, 4.69) is 114 Å². The number of aromatic nitrogens is 7. The lowest BCUT2D eigenvalue weighted by Crippen LogP contribution is -2.06. The first-order valence-corrected chi connectivity index (χ1v) is 21.3. The van der Waals surface area contributed by atoms with Crippen LogP contribution in [0.4, 0.5) is 0 Å². The van der Waals surface area contributed by atoms with E-state index in [1.165, 1.54) is 0 Å². The van der Waals surface area contributed by atoms with Crippen LogP contribution >= 0.6 is 11.3 Å². The van der Waals surface area contributed by atoms with Crippen LogP contribution in [-0.2, 0) is 0 Å². The normalized spacial score (nSPS) is 11.5. The Morgan fingerprint density at radius 1 is 0.306 bits per heavy atom. The molecule has 8 heteroatoms. The third-order valence-electron chi connectivity index (χ3n) is 11.3. The Morgan fingerprint density at radius 3 is 1.45 bits per heavy atom. The summed E-state index contributed by atoms with van der Waals surface area (Å²) in [7, 11) is 0. The Bertz CT molecular complexity index is 3570. The zero-order valence-electron chi connectivity index (χ0n) is 33.1. The molecule has 0 fully saturated rings. The van der Waals surface area contributed by atoms with E-state index in [0.717, 1.165) is 80.9 Å². The number of thiophene rings is 1. The highest BCUT2D eigenvalue weighted by molar-refractivity contribution is 7.26. The molecule has 7 nitrogen and oxygen atoms in total. The maximum Gasteiger partial charge on any atom is 0.238 e. The molecule has 290 valence electrons. The molecule has 0 spiro atoms. The fraction of sp³-hybridized carbons (Fsp3) is 0. The van der Waals surface area contributed by atoms with Gasteiger partial charge in [0, 0.05) is 58.8 Å². The van der Waals surface area contributed by atoms with Crippen molar-refractivity contribution < 1.29 is 0 Å². The summed E-state index contributed by atoms with van der Waals surface area (Å²) in [5.41, 5.74) is 8.94. The molecule has 8 aromatic carbocycles. The zero-order valence-corrected chi connectivity index (χ0v) is 33.9. The fourth-order valence-corrected chi connectivity index (χ4v) is 9.60. The molecule has 0 aliphatic carbocycles. The van der Waals surface area contributed by atoms with Gasteiger partial charge in [0.05, 0.1) is 11.0 Å². The lowest BCUT2D eigenvalue weighted by atomic mass is 9.99. The fourth-order valence-electron chi connectivity index (χ4n) is 8.48. The van der Waals surface area contributed by atoms with Crippen LogP contribution in [0, 0.1) is 0 Å². The van der Waals surface area contributed by atoms with E-state index >= 15 is 0 Å². The molecule has 4 heterocycles. The Morgan fingerprint density at radius 2 is 0.806 bits per heavy atom. The van der Waals surface area contributed by atoms with Gasteiger partial charge in [-0.15, -0.1) is 11.3 Å². The summed E-state index contributed by atoms with van der Waals surface area (Å²) in [6.07, 6.45) is 0. The van der Waals surface area contributed by atoms with Crippen molar-refractivity contribution >= 4 is 53.3 Å². The summed E-state index contributed by atoms with van der Waals surface area (Å²) in [5.74, 6) is 3.59. The van der Waals surface area contributed by atoms with Crippen LogP contribution in [0.3, 0.4) is 0 Å². The predicted molar refractivity (Wildman–Crippen MR) is 253 cm³/mol. The third kappa shape index (κ3) is 6.12. The van der Waals surface area contributed by atoms with Gasteiger partial charge < -0.3 is 0 Å². The van der Waals surface area contributed by atoms with Gasteiger partial charge in [-0.3, -0.25) is 4.57 Å². The second-order valence-corrected chi connectivity index (χ2v) is 16.2. The van der Waals surface area contributed by atoms with Crippen LogP contribution in [0.5, 0.6) is 0 Å². The molecule has 0 saturated carbocycles. The first kappa shape index (κ1) is 35.7. The summed E-state index contributed by atoms with van der Waals surface area (Å²) < 4.78 is 4.46. The molecular formula is C54H33N7S. The van der Waals surface area contributed by atoms with Gasteiger partial charge in [-0.2, -0.15) is 9.97 Å². The van der Waals surface area contributed by atoms with Gasteiger partial charge in [0.1, 0.15) is 0 Å². The van der Waals surface area contributed by atoms with Gasteiger partial charge >= 0.3 is 0 Å². The van der Waals surface area contributed by atoms with Crippen LogP contribution in [-0.4, -0.2) is 34.5 Å². The number of para-hydroxylation sites is 1. The van der Waals surface area contributed by atoms with E-state index in [0.29, 0.717) is 35.1 Å². The van der Waals surface area contributed by atoms with Crippen molar-refractivity contribution in [3.8, 4) is 74.0 Å². The molecule has 0 amide bonds. The Balaban J connectivity index is 1.08.